The predicted molar refractivity (Wildman–Crippen MR) is 80.0 cm³/mol. The minimum atomic E-state index is -0.202. The number of imidazole rings is 1. The summed E-state index contributed by atoms with van der Waals surface area (Å²) in [6, 6.07) is 5.54. The zero-order valence-corrected chi connectivity index (χ0v) is 12.3. The Labute approximate surface area is 127 Å². The van der Waals surface area contributed by atoms with Gasteiger partial charge in [-0.25, -0.2) is 19.3 Å². The van der Waals surface area contributed by atoms with Crippen molar-refractivity contribution < 1.29 is 9.13 Å². The van der Waals surface area contributed by atoms with Gasteiger partial charge in [-0.3, -0.25) is 0 Å². The van der Waals surface area contributed by atoms with Crippen molar-refractivity contribution in [3.05, 3.63) is 59.9 Å². The summed E-state index contributed by atoms with van der Waals surface area (Å²) < 4.78 is 20.5. The van der Waals surface area contributed by atoms with Crippen LogP contribution < -0.4 is 4.74 Å². The van der Waals surface area contributed by atoms with Gasteiger partial charge in [0.25, 0.3) is 0 Å². The quantitative estimate of drug-likeness (QED) is 0.743. The summed E-state index contributed by atoms with van der Waals surface area (Å²) >= 11 is 0. The van der Waals surface area contributed by atoms with E-state index in [4.69, 9.17) is 4.74 Å². The number of aromatic nitrogens is 4. The first-order valence-electron chi connectivity index (χ1n) is 6.80. The fraction of sp³-hybridized carbons (Fsp3) is 0.188. The van der Waals surface area contributed by atoms with E-state index in [-0.39, 0.29) is 5.82 Å². The highest BCUT2D eigenvalue weighted by Crippen LogP contribution is 2.19. The molecule has 0 saturated carbocycles. The second kappa shape index (κ2) is 5.93. The van der Waals surface area contributed by atoms with E-state index in [1.807, 2.05) is 16.8 Å². The monoisotopic (exact) mass is 298 g/mol. The number of rotatable bonds is 4. The fourth-order valence-corrected chi connectivity index (χ4v) is 2.17. The molecule has 0 spiro atoms. The second-order valence-electron chi connectivity index (χ2n) is 4.92. The maximum absolute atomic E-state index is 13.7. The molecule has 0 radical (unpaired) electrons. The summed E-state index contributed by atoms with van der Waals surface area (Å²) in [5, 5.41) is 0. The summed E-state index contributed by atoms with van der Waals surface area (Å²) in [7, 11) is 1.52. The van der Waals surface area contributed by atoms with Crippen molar-refractivity contribution in [3.8, 4) is 17.4 Å². The molecule has 0 fully saturated rings. The third kappa shape index (κ3) is 2.81. The molecule has 2 aromatic heterocycles. The molecule has 0 bridgehead atoms. The number of methoxy groups -OCH3 is 1. The van der Waals surface area contributed by atoms with Crippen LogP contribution in [0.2, 0.25) is 0 Å². The number of halogens is 1. The molecule has 0 atom stereocenters. The van der Waals surface area contributed by atoms with Crippen LogP contribution in [0.25, 0.3) is 11.4 Å². The molecular formula is C16H15FN4O. The van der Waals surface area contributed by atoms with Crippen molar-refractivity contribution >= 4 is 0 Å². The largest absolute Gasteiger partial charge is 0.467 e. The second-order valence-corrected chi connectivity index (χ2v) is 4.92. The van der Waals surface area contributed by atoms with Crippen LogP contribution in [0.1, 0.15) is 11.1 Å². The molecule has 0 aliphatic carbocycles. The Morgan fingerprint density at radius 1 is 1.18 bits per heavy atom. The van der Waals surface area contributed by atoms with Gasteiger partial charge in [0.2, 0.25) is 0 Å². The number of hydrogen-bond donors (Lipinski definition) is 0. The van der Waals surface area contributed by atoms with Gasteiger partial charge in [-0.1, -0.05) is 12.1 Å². The molecule has 5 nitrogen and oxygen atoms in total. The first-order valence-corrected chi connectivity index (χ1v) is 6.80. The van der Waals surface area contributed by atoms with Crippen LogP contribution >= 0.6 is 0 Å². The minimum Gasteiger partial charge on any atom is -0.467 e. The predicted octanol–water partition coefficient (Wildman–Crippen LogP) is 2.84. The highest BCUT2D eigenvalue weighted by atomic mass is 19.1. The van der Waals surface area contributed by atoms with Crippen LogP contribution in [0, 0.1) is 12.7 Å². The van der Waals surface area contributed by atoms with Crippen LogP contribution in [0.4, 0.5) is 4.39 Å². The van der Waals surface area contributed by atoms with Gasteiger partial charge < -0.3 is 9.30 Å². The SMILES string of the molecule is COc1ncc(-c2nccn2Cc2ccc(C)c(F)c2)cn1. The van der Waals surface area contributed by atoms with E-state index in [1.165, 1.54) is 7.11 Å². The summed E-state index contributed by atoms with van der Waals surface area (Å²) in [5.41, 5.74) is 2.29. The van der Waals surface area contributed by atoms with Crippen LogP contribution in [-0.4, -0.2) is 26.6 Å². The van der Waals surface area contributed by atoms with Crippen molar-refractivity contribution in [2.75, 3.05) is 7.11 Å². The molecule has 0 amide bonds. The van der Waals surface area contributed by atoms with Gasteiger partial charge in [0.15, 0.2) is 0 Å². The van der Waals surface area contributed by atoms with Gasteiger partial charge in [0.1, 0.15) is 11.6 Å². The van der Waals surface area contributed by atoms with E-state index in [0.29, 0.717) is 18.1 Å². The molecule has 2 heterocycles. The number of aryl methyl sites for hydroxylation is 1. The van der Waals surface area contributed by atoms with Crippen molar-refractivity contribution in [3.63, 3.8) is 0 Å². The van der Waals surface area contributed by atoms with E-state index >= 15 is 0 Å². The highest BCUT2D eigenvalue weighted by molar-refractivity contribution is 5.53. The lowest BCUT2D eigenvalue weighted by molar-refractivity contribution is 0.380. The molecule has 0 unspecified atom stereocenters. The number of benzene rings is 1. The number of nitrogens with zero attached hydrogens (tertiary/aromatic N) is 4. The summed E-state index contributed by atoms with van der Waals surface area (Å²) in [6.07, 6.45) is 6.85. The Bertz CT molecular complexity index is 783. The average Bonchev–Trinajstić information content (AvgIpc) is 2.99. The first kappa shape index (κ1) is 14.2. The molecule has 0 aliphatic rings. The molecule has 6 heteroatoms. The topological polar surface area (TPSA) is 52.8 Å². The van der Waals surface area contributed by atoms with E-state index in [9.17, 15) is 4.39 Å². The van der Waals surface area contributed by atoms with Crippen molar-refractivity contribution in [2.24, 2.45) is 0 Å². The Hall–Kier alpha value is -2.76. The van der Waals surface area contributed by atoms with E-state index in [2.05, 4.69) is 15.0 Å². The standard InChI is InChI=1S/C16H15FN4O/c1-11-3-4-12(7-14(11)17)10-21-6-5-18-15(21)13-8-19-16(22-2)20-9-13/h3-9H,10H2,1-2H3. The van der Waals surface area contributed by atoms with E-state index < -0.39 is 0 Å². The lowest BCUT2D eigenvalue weighted by Crippen LogP contribution is -2.02. The molecule has 3 rings (SSSR count). The summed E-state index contributed by atoms with van der Waals surface area (Å²) in [4.78, 5) is 12.5. The average molecular weight is 298 g/mol. The van der Waals surface area contributed by atoms with Gasteiger partial charge in [-0.15, -0.1) is 0 Å². The van der Waals surface area contributed by atoms with Crippen molar-refractivity contribution in [1.82, 2.24) is 19.5 Å². The molecule has 0 aliphatic heterocycles. The fourth-order valence-electron chi connectivity index (χ4n) is 2.17. The number of hydrogen-bond acceptors (Lipinski definition) is 4. The third-order valence-corrected chi connectivity index (χ3v) is 3.37. The zero-order chi connectivity index (χ0) is 15.5. The van der Waals surface area contributed by atoms with Crippen molar-refractivity contribution in [2.45, 2.75) is 13.5 Å². The van der Waals surface area contributed by atoms with Crippen LogP contribution in [0.15, 0.2) is 43.0 Å². The van der Waals surface area contributed by atoms with Crippen LogP contribution in [0.3, 0.4) is 0 Å². The number of ether oxygens (including phenoxy) is 1. The maximum atomic E-state index is 13.7. The Balaban J connectivity index is 1.89. The molecule has 0 saturated heterocycles. The summed E-state index contributed by atoms with van der Waals surface area (Å²) in [6.45, 7) is 2.27. The normalized spacial score (nSPS) is 10.7. The molecular weight excluding hydrogens is 283 g/mol. The van der Waals surface area contributed by atoms with Gasteiger partial charge in [0.05, 0.1) is 12.7 Å². The first-order chi connectivity index (χ1) is 10.7. The van der Waals surface area contributed by atoms with E-state index in [1.54, 1.807) is 37.6 Å². The van der Waals surface area contributed by atoms with Gasteiger partial charge >= 0.3 is 6.01 Å². The van der Waals surface area contributed by atoms with Crippen molar-refractivity contribution in [1.29, 1.82) is 0 Å². The molecule has 1 aromatic carbocycles. The maximum Gasteiger partial charge on any atom is 0.316 e. The third-order valence-electron chi connectivity index (χ3n) is 3.37. The lowest BCUT2D eigenvalue weighted by Gasteiger charge is -2.09. The Morgan fingerprint density at radius 2 is 1.95 bits per heavy atom. The van der Waals surface area contributed by atoms with Crippen LogP contribution in [0.5, 0.6) is 6.01 Å². The molecule has 3 aromatic rings. The van der Waals surface area contributed by atoms with Gasteiger partial charge in [-0.2, -0.15) is 0 Å². The Morgan fingerprint density at radius 3 is 2.64 bits per heavy atom. The highest BCUT2D eigenvalue weighted by Gasteiger charge is 2.09. The zero-order valence-electron chi connectivity index (χ0n) is 12.3. The van der Waals surface area contributed by atoms with E-state index in [0.717, 1.165) is 17.0 Å². The smallest absolute Gasteiger partial charge is 0.316 e. The molecule has 112 valence electrons. The lowest BCUT2D eigenvalue weighted by atomic mass is 10.1. The molecule has 0 N–H and O–H groups in total. The van der Waals surface area contributed by atoms with Crippen LogP contribution in [-0.2, 0) is 6.54 Å². The molecule has 22 heavy (non-hydrogen) atoms. The van der Waals surface area contributed by atoms with Gasteiger partial charge in [0, 0.05) is 31.3 Å². The van der Waals surface area contributed by atoms with Gasteiger partial charge in [-0.05, 0) is 24.1 Å². The summed E-state index contributed by atoms with van der Waals surface area (Å²) in [5.74, 6) is 0.524. The minimum absolute atomic E-state index is 0.202. The Kier molecular flexibility index (Phi) is 3.82.